The van der Waals surface area contributed by atoms with Gasteiger partial charge in [-0.25, -0.2) is 0 Å². The summed E-state index contributed by atoms with van der Waals surface area (Å²) in [6, 6.07) is 5.90. The minimum absolute atomic E-state index is 0.269. The highest BCUT2D eigenvalue weighted by Crippen LogP contribution is 2.22. The average Bonchev–Trinajstić information content (AvgIpc) is 2.31. The van der Waals surface area contributed by atoms with E-state index in [1.54, 1.807) is 0 Å². The Balaban J connectivity index is 2.76. The molecule has 0 aliphatic heterocycles. The highest BCUT2D eigenvalue weighted by molar-refractivity contribution is 6.31. The van der Waals surface area contributed by atoms with Gasteiger partial charge in [-0.05, 0) is 38.5 Å². The first-order valence-electron chi connectivity index (χ1n) is 5.83. The van der Waals surface area contributed by atoms with Crippen molar-refractivity contribution in [2.45, 2.75) is 26.3 Å². The van der Waals surface area contributed by atoms with Crippen molar-refractivity contribution in [3.8, 4) is 0 Å². The largest absolute Gasteiger partial charge is 0.379 e. The molecule has 17 heavy (non-hydrogen) atoms. The predicted octanol–water partition coefficient (Wildman–Crippen LogP) is 2.81. The summed E-state index contributed by atoms with van der Waals surface area (Å²) < 4.78 is 5.44. The van der Waals surface area contributed by atoms with Gasteiger partial charge in [-0.1, -0.05) is 17.7 Å². The fourth-order valence-electron chi connectivity index (χ4n) is 1.49. The van der Waals surface area contributed by atoms with Crippen LogP contribution in [-0.2, 0) is 4.74 Å². The minimum atomic E-state index is -0.269. The maximum atomic E-state index is 6.09. The van der Waals surface area contributed by atoms with Crippen molar-refractivity contribution in [1.29, 1.82) is 0 Å². The first-order chi connectivity index (χ1) is 8.00. The quantitative estimate of drug-likeness (QED) is 0.823. The Morgan fingerprint density at radius 2 is 2.18 bits per heavy atom. The molecule has 4 heteroatoms. The van der Waals surface area contributed by atoms with Gasteiger partial charge < -0.3 is 15.8 Å². The normalized spacial score (nSPS) is 14.4. The van der Waals surface area contributed by atoms with Gasteiger partial charge >= 0.3 is 0 Å². The van der Waals surface area contributed by atoms with Crippen molar-refractivity contribution in [3.63, 3.8) is 0 Å². The lowest BCUT2D eigenvalue weighted by Crippen LogP contribution is -2.46. The van der Waals surface area contributed by atoms with E-state index in [0.717, 1.165) is 16.3 Å². The van der Waals surface area contributed by atoms with Gasteiger partial charge in [0, 0.05) is 23.9 Å². The van der Waals surface area contributed by atoms with Crippen LogP contribution in [-0.4, -0.2) is 25.3 Å². The third-order valence-electron chi connectivity index (χ3n) is 2.69. The van der Waals surface area contributed by atoms with Crippen molar-refractivity contribution < 1.29 is 4.74 Å². The molecule has 0 spiro atoms. The molecule has 0 aliphatic carbocycles. The fraction of sp³-hybridized carbons (Fsp3) is 0.538. The number of ether oxygens (including phenoxy) is 1. The molecule has 0 aliphatic rings. The lowest BCUT2D eigenvalue weighted by molar-refractivity contribution is 0.112. The van der Waals surface area contributed by atoms with Gasteiger partial charge in [-0.3, -0.25) is 0 Å². The van der Waals surface area contributed by atoms with Crippen LogP contribution in [0.2, 0.25) is 5.02 Å². The minimum Gasteiger partial charge on any atom is -0.379 e. The van der Waals surface area contributed by atoms with Gasteiger partial charge in [0.05, 0.1) is 12.1 Å². The van der Waals surface area contributed by atoms with Crippen molar-refractivity contribution >= 4 is 17.3 Å². The first kappa shape index (κ1) is 14.3. The number of nitrogens with one attached hydrogen (secondary N) is 1. The molecule has 1 unspecified atom stereocenters. The number of hydrogen-bond acceptors (Lipinski definition) is 3. The van der Waals surface area contributed by atoms with Gasteiger partial charge in [0.2, 0.25) is 0 Å². The summed E-state index contributed by atoms with van der Waals surface area (Å²) in [5, 5.41) is 4.13. The molecule has 1 atom stereocenters. The number of benzene rings is 1. The molecule has 96 valence electrons. The fourth-order valence-corrected chi connectivity index (χ4v) is 1.67. The third kappa shape index (κ3) is 4.19. The average molecular weight is 257 g/mol. The van der Waals surface area contributed by atoms with Crippen molar-refractivity contribution in [3.05, 3.63) is 28.8 Å². The zero-order valence-corrected chi connectivity index (χ0v) is 11.5. The molecule has 0 aromatic heterocycles. The van der Waals surface area contributed by atoms with E-state index in [4.69, 9.17) is 22.1 Å². The van der Waals surface area contributed by atoms with E-state index in [2.05, 4.69) is 5.32 Å². The van der Waals surface area contributed by atoms with Crippen molar-refractivity contribution in [1.82, 2.24) is 0 Å². The van der Waals surface area contributed by atoms with Gasteiger partial charge in [-0.15, -0.1) is 0 Å². The van der Waals surface area contributed by atoms with Crippen LogP contribution in [0.15, 0.2) is 18.2 Å². The van der Waals surface area contributed by atoms with Crippen molar-refractivity contribution in [2.75, 3.05) is 25.1 Å². The Kier molecular flexibility index (Phi) is 5.25. The lowest BCUT2D eigenvalue weighted by Gasteiger charge is -2.30. The van der Waals surface area contributed by atoms with Crippen LogP contribution in [0.4, 0.5) is 5.69 Å². The number of halogens is 1. The molecular weight excluding hydrogens is 236 g/mol. The van der Waals surface area contributed by atoms with Crippen LogP contribution in [0.25, 0.3) is 0 Å². The summed E-state index contributed by atoms with van der Waals surface area (Å²) in [7, 11) is 0. The molecule has 3 nitrogen and oxygen atoms in total. The molecular formula is C13H21ClN2O. The second-order valence-corrected chi connectivity index (χ2v) is 4.90. The molecule has 0 heterocycles. The molecule has 1 rings (SSSR count). The molecule has 0 amide bonds. The van der Waals surface area contributed by atoms with E-state index >= 15 is 0 Å². The van der Waals surface area contributed by atoms with Gasteiger partial charge in [0.1, 0.15) is 0 Å². The van der Waals surface area contributed by atoms with Gasteiger partial charge in [0.25, 0.3) is 0 Å². The molecule has 0 fully saturated rings. The van der Waals surface area contributed by atoms with E-state index in [1.165, 1.54) is 0 Å². The van der Waals surface area contributed by atoms with Crippen LogP contribution >= 0.6 is 11.6 Å². The molecule has 0 saturated carbocycles. The molecule has 1 aromatic rings. The summed E-state index contributed by atoms with van der Waals surface area (Å²) >= 11 is 6.09. The Morgan fingerprint density at radius 1 is 1.47 bits per heavy atom. The van der Waals surface area contributed by atoms with Gasteiger partial charge in [-0.2, -0.15) is 0 Å². The molecule has 0 bridgehead atoms. The SMILES string of the molecule is CCOCC(C)(CN)Nc1ccc(C)c(Cl)c1. The number of hydrogen-bond donors (Lipinski definition) is 2. The number of aryl methyl sites for hydroxylation is 1. The second-order valence-electron chi connectivity index (χ2n) is 4.49. The van der Waals surface area contributed by atoms with Crippen LogP contribution in [0.5, 0.6) is 0 Å². The summed E-state index contributed by atoms with van der Waals surface area (Å²) in [6.07, 6.45) is 0. The van der Waals surface area contributed by atoms with Crippen LogP contribution in [0.1, 0.15) is 19.4 Å². The molecule has 0 saturated heterocycles. The topological polar surface area (TPSA) is 47.3 Å². The predicted molar refractivity (Wildman–Crippen MR) is 73.8 cm³/mol. The third-order valence-corrected chi connectivity index (χ3v) is 3.10. The molecule has 3 N–H and O–H groups in total. The second kappa shape index (κ2) is 6.24. The Morgan fingerprint density at radius 3 is 2.71 bits per heavy atom. The van der Waals surface area contributed by atoms with E-state index in [9.17, 15) is 0 Å². The van der Waals surface area contributed by atoms with Gasteiger partial charge in [0.15, 0.2) is 0 Å². The number of nitrogens with two attached hydrogens (primary N) is 1. The van der Waals surface area contributed by atoms with E-state index < -0.39 is 0 Å². The Bertz CT molecular complexity index is 370. The number of rotatable bonds is 6. The maximum Gasteiger partial charge on any atom is 0.0706 e. The maximum absolute atomic E-state index is 6.09. The molecule has 0 radical (unpaired) electrons. The zero-order chi connectivity index (χ0) is 12.9. The van der Waals surface area contributed by atoms with Crippen LogP contribution < -0.4 is 11.1 Å². The van der Waals surface area contributed by atoms with Crippen molar-refractivity contribution in [2.24, 2.45) is 5.73 Å². The summed E-state index contributed by atoms with van der Waals surface area (Å²) in [4.78, 5) is 0. The highest BCUT2D eigenvalue weighted by Gasteiger charge is 2.22. The lowest BCUT2D eigenvalue weighted by atomic mass is 10.0. The van der Waals surface area contributed by atoms with E-state index in [0.29, 0.717) is 19.8 Å². The van der Waals surface area contributed by atoms with Crippen LogP contribution in [0, 0.1) is 6.92 Å². The Hall–Kier alpha value is -0.770. The number of anilines is 1. The Labute approximate surface area is 108 Å². The summed E-state index contributed by atoms with van der Waals surface area (Å²) in [6.45, 7) is 7.75. The molecule has 1 aromatic carbocycles. The standard InChI is InChI=1S/C13H21ClN2O/c1-4-17-9-13(3,8-15)16-11-6-5-10(2)12(14)7-11/h5-7,16H,4,8-9,15H2,1-3H3. The summed E-state index contributed by atoms with van der Waals surface area (Å²) in [5.41, 5.74) is 7.55. The van der Waals surface area contributed by atoms with E-state index in [-0.39, 0.29) is 5.54 Å². The summed E-state index contributed by atoms with van der Waals surface area (Å²) in [5.74, 6) is 0. The zero-order valence-electron chi connectivity index (χ0n) is 10.7. The highest BCUT2D eigenvalue weighted by atomic mass is 35.5. The first-order valence-corrected chi connectivity index (χ1v) is 6.20. The smallest absolute Gasteiger partial charge is 0.0706 e. The van der Waals surface area contributed by atoms with E-state index in [1.807, 2.05) is 39.0 Å². The van der Waals surface area contributed by atoms with Crippen LogP contribution in [0.3, 0.4) is 0 Å². The monoisotopic (exact) mass is 256 g/mol.